The second-order valence-corrected chi connectivity index (χ2v) is 7.88. The first-order valence-corrected chi connectivity index (χ1v) is 10.4. The molecule has 0 aliphatic carbocycles. The lowest BCUT2D eigenvalue weighted by Gasteiger charge is -2.10. The van der Waals surface area contributed by atoms with E-state index in [9.17, 15) is 9.18 Å². The molecule has 1 amide bonds. The summed E-state index contributed by atoms with van der Waals surface area (Å²) in [5.74, 6) is 0.849. The van der Waals surface area contributed by atoms with E-state index in [1.807, 2.05) is 19.9 Å². The number of methoxy groups -OCH3 is 2. The molecule has 7 nitrogen and oxygen atoms in total. The van der Waals surface area contributed by atoms with Gasteiger partial charge >= 0.3 is 0 Å². The second kappa shape index (κ2) is 8.90. The molecule has 0 saturated carbocycles. The van der Waals surface area contributed by atoms with Crippen molar-refractivity contribution in [1.82, 2.24) is 14.6 Å². The predicted molar refractivity (Wildman–Crippen MR) is 124 cm³/mol. The minimum atomic E-state index is -0.334. The number of nitrogens with one attached hydrogen (secondary N) is 1. The van der Waals surface area contributed by atoms with Gasteiger partial charge in [0, 0.05) is 11.4 Å². The summed E-state index contributed by atoms with van der Waals surface area (Å²) in [7, 11) is 3.10. The molecule has 0 unspecified atom stereocenters. The first-order valence-electron chi connectivity index (χ1n) is 10.4. The van der Waals surface area contributed by atoms with E-state index in [1.165, 1.54) is 6.07 Å². The molecule has 4 aromatic rings. The minimum absolute atomic E-state index is 0.0986. The summed E-state index contributed by atoms with van der Waals surface area (Å²) in [4.78, 5) is 17.6. The molecular formula is C25H25FN4O3. The summed E-state index contributed by atoms with van der Waals surface area (Å²) in [6.45, 7) is 5.49. The number of rotatable bonds is 6. The van der Waals surface area contributed by atoms with Gasteiger partial charge in [0.25, 0.3) is 0 Å². The van der Waals surface area contributed by atoms with Crippen molar-refractivity contribution in [3.05, 3.63) is 70.8 Å². The number of amides is 1. The first-order chi connectivity index (χ1) is 15.8. The van der Waals surface area contributed by atoms with Crippen molar-refractivity contribution in [3.8, 4) is 22.6 Å². The van der Waals surface area contributed by atoms with E-state index in [-0.39, 0.29) is 18.1 Å². The molecule has 2 aromatic carbocycles. The Morgan fingerprint density at radius 3 is 2.48 bits per heavy atom. The van der Waals surface area contributed by atoms with E-state index in [0.717, 1.165) is 17.0 Å². The molecule has 4 rings (SSSR count). The summed E-state index contributed by atoms with van der Waals surface area (Å²) < 4.78 is 26.6. The molecule has 170 valence electrons. The van der Waals surface area contributed by atoms with Crippen molar-refractivity contribution in [2.45, 2.75) is 27.2 Å². The highest BCUT2D eigenvalue weighted by molar-refractivity contribution is 5.98. The number of halogens is 1. The lowest BCUT2D eigenvalue weighted by molar-refractivity contribution is -0.115. The molecule has 0 aliphatic rings. The van der Waals surface area contributed by atoms with E-state index in [2.05, 4.69) is 15.4 Å². The van der Waals surface area contributed by atoms with Gasteiger partial charge < -0.3 is 14.8 Å². The van der Waals surface area contributed by atoms with Gasteiger partial charge in [-0.05, 0) is 61.7 Å². The Kier molecular flexibility index (Phi) is 6.00. The maximum absolute atomic E-state index is 14.4. The fourth-order valence-corrected chi connectivity index (χ4v) is 3.78. The molecule has 33 heavy (non-hydrogen) atoms. The number of fused-ring (bicyclic) bond motifs is 1. The summed E-state index contributed by atoms with van der Waals surface area (Å²) >= 11 is 0. The Morgan fingerprint density at radius 1 is 1.03 bits per heavy atom. The number of benzene rings is 2. The van der Waals surface area contributed by atoms with Crippen LogP contribution in [0.4, 0.5) is 10.2 Å². The number of nitrogens with zero attached hydrogens (tertiary/aromatic N) is 3. The highest BCUT2D eigenvalue weighted by atomic mass is 19.1. The maximum Gasteiger partial charge on any atom is 0.230 e. The molecule has 0 spiro atoms. The average molecular weight is 448 g/mol. The third-order valence-electron chi connectivity index (χ3n) is 5.43. The maximum atomic E-state index is 14.4. The van der Waals surface area contributed by atoms with Crippen LogP contribution in [0.15, 0.2) is 42.5 Å². The largest absolute Gasteiger partial charge is 0.493 e. The van der Waals surface area contributed by atoms with Crippen LogP contribution in [0, 0.1) is 26.6 Å². The van der Waals surface area contributed by atoms with Crippen molar-refractivity contribution >= 4 is 17.4 Å². The quantitative estimate of drug-likeness (QED) is 0.464. The van der Waals surface area contributed by atoms with Crippen LogP contribution in [0.5, 0.6) is 11.5 Å². The van der Waals surface area contributed by atoms with Gasteiger partial charge in [-0.2, -0.15) is 0 Å². The van der Waals surface area contributed by atoms with Crippen LogP contribution in [-0.4, -0.2) is 34.7 Å². The van der Waals surface area contributed by atoms with Crippen molar-refractivity contribution in [1.29, 1.82) is 0 Å². The predicted octanol–water partition coefficient (Wildman–Crippen LogP) is 4.66. The van der Waals surface area contributed by atoms with Gasteiger partial charge in [0.05, 0.1) is 26.2 Å². The summed E-state index contributed by atoms with van der Waals surface area (Å²) in [5, 5.41) is 7.47. The molecule has 0 aliphatic heterocycles. The number of aryl methyl sites for hydroxylation is 3. The highest BCUT2D eigenvalue weighted by Gasteiger charge is 2.20. The Bertz CT molecular complexity index is 1360. The molecule has 0 radical (unpaired) electrons. The fraction of sp³-hybridized carbons (Fsp3) is 0.240. The molecule has 1 N–H and O–H groups in total. The second-order valence-electron chi connectivity index (χ2n) is 7.88. The average Bonchev–Trinajstić information content (AvgIpc) is 3.13. The van der Waals surface area contributed by atoms with E-state index in [1.54, 1.807) is 56.0 Å². The van der Waals surface area contributed by atoms with E-state index in [4.69, 9.17) is 9.47 Å². The van der Waals surface area contributed by atoms with Crippen LogP contribution in [0.3, 0.4) is 0 Å². The third-order valence-corrected chi connectivity index (χ3v) is 5.43. The van der Waals surface area contributed by atoms with Gasteiger partial charge in [-0.1, -0.05) is 18.2 Å². The monoisotopic (exact) mass is 448 g/mol. The number of ether oxygens (including phenoxy) is 2. The Balaban J connectivity index is 1.73. The van der Waals surface area contributed by atoms with Crippen LogP contribution < -0.4 is 14.8 Å². The first kappa shape index (κ1) is 22.3. The zero-order valence-electron chi connectivity index (χ0n) is 19.2. The molecule has 2 heterocycles. The Labute approximate surface area is 191 Å². The smallest absolute Gasteiger partial charge is 0.230 e. The van der Waals surface area contributed by atoms with Gasteiger partial charge in [0.2, 0.25) is 5.91 Å². The van der Waals surface area contributed by atoms with Crippen molar-refractivity contribution in [2.24, 2.45) is 0 Å². The zero-order chi connectivity index (χ0) is 23.7. The van der Waals surface area contributed by atoms with Gasteiger partial charge in [-0.25, -0.2) is 13.9 Å². The number of aromatic nitrogens is 3. The van der Waals surface area contributed by atoms with Crippen molar-refractivity contribution < 1.29 is 18.7 Å². The van der Waals surface area contributed by atoms with Crippen LogP contribution in [-0.2, 0) is 11.2 Å². The molecule has 8 heteroatoms. The van der Waals surface area contributed by atoms with E-state index in [0.29, 0.717) is 39.7 Å². The molecule has 0 saturated heterocycles. The van der Waals surface area contributed by atoms with Crippen LogP contribution in [0.2, 0.25) is 0 Å². The normalized spacial score (nSPS) is 11.0. The minimum Gasteiger partial charge on any atom is -0.493 e. The lowest BCUT2D eigenvalue weighted by atomic mass is 10.1. The van der Waals surface area contributed by atoms with Crippen LogP contribution in [0.25, 0.3) is 16.8 Å². The lowest BCUT2D eigenvalue weighted by Crippen LogP contribution is -2.15. The van der Waals surface area contributed by atoms with Crippen molar-refractivity contribution in [3.63, 3.8) is 0 Å². The summed E-state index contributed by atoms with van der Waals surface area (Å²) in [6.07, 6.45) is 0.0986. The van der Waals surface area contributed by atoms with E-state index >= 15 is 0 Å². The summed E-state index contributed by atoms with van der Waals surface area (Å²) in [5.41, 5.74) is 4.66. The fourth-order valence-electron chi connectivity index (χ4n) is 3.78. The SMILES string of the molecule is COc1ccc(CC(=O)Nc2nn3c(C)cc(C)nc3c2-c2ccc(C)c(F)c2)cc1OC. The topological polar surface area (TPSA) is 77.8 Å². The van der Waals surface area contributed by atoms with Gasteiger partial charge in [-0.3, -0.25) is 4.79 Å². The molecular weight excluding hydrogens is 423 g/mol. The molecule has 2 aromatic heterocycles. The number of carbonyl (C=O) groups is 1. The standard InChI is InChI=1S/C25H25FN4O3/c1-14-6-8-18(13-19(14)26)23-24(29-30-16(3)10-15(2)27-25(23)30)28-22(31)12-17-7-9-20(32-4)21(11-17)33-5/h6-11,13H,12H2,1-5H3,(H,28,29,31). The van der Waals surface area contributed by atoms with Gasteiger partial charge in [0.1, 0.15) is 5.82 Å². The van der Waals surface area contributed by atoms with Crippen molar-refractivity contribution in [2.75, 3.05) is 19.5 Å². The number of hydrogen-bond donors (Lipinski definition) is 1. The molecule has 0 atom stereocenters. The number of hydrogen-bond acceptors (Lipinski definition) is 5. The third kappa shape index (κ3) is 4.37. The highest BCUT2D eigenvalue weighted by Crippen LogP contribution is 2.33. The number of anilines is 1. The van der Waals surface area contributed by atoms with Crippen LogP contribution in [0.1, 0.15) is 22.5 Å². The van der Waals surface area contributed by atoms with Gasteiger partial charge in [0.15, 0.2) is 23.0 Å². The Hall–Kier alpha value is -3.94. The van der Waals surface area contributed by atoms with Crippen LogP contribution >= 0.6 is 0 Å². The molecule has 0 bridgehead atoms. The van der Waals surface area contributed by atoms with E-state index < -0.39 is 0 Å². The number of carbonyl (C=O) groups excluding carboxylic acids is 1. The molecule has 0 fully saturated rings. The van der Waals surface area contributed by atoms with Gasteiger partial charge in [-0.15, -0.1) is 5.10 Å². The summed E-state index contributed by atoms with van der Waals surface area (Å²) in [6, 6.07) is 12.2. The Morgan fingerprint density at radius 2 is 1.79 bits per heavy atom. The zero-order valence-corrected chi connectivity index (χ0v) is 19.2.